The van der Waals surface area contributed by atoms with Gasteiger partial charge in [0.25, 0.3) is 0 Å². The van der Waals surface area contributed by atoms with E-state index in [4.69, 9.17) is 4.74 Å². The highest BCUT2D eigenvalue weighted by atomic mass is 16.5. The lowest BCUT2D eigenvalue weighted by Crippen LogP contribution is -2.11. The molecule has 1 rings (SSSR count). The van der Waals surface area contributed by atoms with Gasteiger partial charge in [-0.05, 0) is 32.4 Å². The van der Waals surface area contributed by atoms with E-state index in [0.717, 1.165) is 17.8 Å². The molecule has 15 heavy (non-hydrogen) atoms. The highest BCUT2D eigenvalue weighted by Gasteiger charge is 2.14. The van der Waals surface area contributed by atoms with Crippen LogP contribution < -0.4 is 5.32 Å². The number of anilines is 1. The van der Waals surface area contributed by atoms with E-state index in [9.17, 15) is 4.79 Å². The summed E-state index contributed by atoms with van der Waals surface area (Å²) in [4.78, 5) is 11.7. The first-order chi connectivity index (χ1) is 7.20. The molecule has 0 bridgehead atoms. The van der Waals surface area contributed by atoms with Gasteiger partial charge in [0.2, 0.25) is 0 Å². The second-order valence-corrected chi connectivity index (χ2v) is 3.25. The molecule has 1 N–H and O–H groups in total. The van der Waals surface area contributed by atoms with Gasteiger partial charge in [-0.25, -0.2) is 4.79 Å². The van der Waals surface area contributed by atoms with E-state index in [2.05, 4.69) is 5.32 Å². The van der Waals surface area contributed by atoms with Crippen molar-refractivity contribution in [2.45, 2.75) is 20.8 Å². The van der Waals surface area contributed by atoms with E-state index in [0.29, 0.717) is 12.2 Å². The molecule has 0 aliphatic carbocycles. The van der Waals surface area contributed by atoms with Crippen LogP contribution in [0.1, 0.15) is 29.8 Å². The number of esters is 1. The third-order valence-corrected chi connectivity index (χ3v) is 2.12. The molecule has 0 aliphatic rings. The Morgan fingerprint density at radius 1 is 1.40 bits per heavy atom. The molecule has 1 aromatic rings. The Morgan fingerprint density at radius 3 is 2.73 bits per heavy atom. The number of aryl methyl sites for hydroxylation is 1. The van der Waals surface area contributed by atoms with Gasteiger partial charge in [-0.15, -0.1) is 0 Å². The van der Waals surface area contributed by atoms with Gasteiger partial charge in [0.05, 0.1) is 12.2 Å². The molecule has 0 fully saturated rings. The van der Waals surface area contributed by atoms with E-state index in [1.165, 1.54) is 0 Å². The summed E-state index contributed by atoms with van der Waals surface area (Å²) < 4.78 is 5.02. The van der Waals surface area contributed by atoms with Crippen LogP contribution in [0.2, 0.25) is 0 Å². The normalized spacial score (nSPS) is 9.80. The third-order valence-electron chi connectivity index (χ3n) is 2.12. The van der Waals surface area contributed by atoms with Gasteiger partial charge in [-0.3, -0.25) is 0 Å². The minimum atomic E-state index is -0.258. The van der Waals surface area contributed by atoms with Gasteiger partial charge >= 0.3 is 5.97 Å². The predicted molar refractivity (Wildman–Crippen MR) is 61.3 cm³/mol. The van der Waals surface area contributed by atoms with Crippen molar-refractivity contribution in [3.8, 4) is 0 Å². The van der Waals surface area contributed by atoms with Crippen molar-refractivity contribution in [1.29, 1.82) is 0 Å². The third kappa shape index (κ3) is 2.72. The van der Waals surface area contributed by atoms with Crippen molar-refractivity contribution >= 4 is 11.7 Å². The van der Waals surface area contributed by atoms with E-state index >= 15 is 0 Å². The fourth-order valence-electron chi connectivity index (χ4n) is 1.48. The van der Waals surface area contributed by atoms with E-state index in [-0.39, 0.29) is 5.97 Å². The zero-order chi connectivity index (χ0) is 11.3. The fourth-order valence-corrected chi connectivity index (χ4v) is 1.48. The number of ether oxygens (including phenoxy) is 1. The van der Waals surface area contributed by atoms with Gasteiger partial charge in [-0.1, -0.05) is 12.1 Å². The average molecular weight is 207 g/mol. The molecular weight excluding hydrogens is 190 g/mol. The highest BCUT2D eigenvalue weighted by molar-refractivity contribution is 5.97. The van der Waals surface area contributed by atoms with Crippen LogP contribution in [0.15, 0.2) is 18.2 Å². The number of carbonyl (C=O) groups excluding carboxylic acids is 1. The standard InChI is InChI=1S/C12H17NO2/c1-4-13-10-8-6-7-9(3)11(10)12(14)15-5-2/h6-8,13H,4-5H2,1-3H3. The molecule has 3 heteroatoms. The summed E-state index contributed by atoms with van der Waals surface area (Å²) in [6, 6.07) is 5.73. The van der Waals surface area contributed by atoms with Crippen LogP contribution >= 0.6 is 0 Å². The van der Waals surface area contributed by atoms with E-state index < -0.39 is 0 Å². The second kappa shape index (κ2) is 5.39. The van der Waals surface area contributed by atoms with Gasteiger partial charge in [0.15, 0.2) is 0 Å². The summed E-state index contributed by atoms with van der Waals surface area (Å²) in [5, 5.41) is 3.16. The average Bonchev–Trinajstić information content (AvgIpc) is 2.18. The lowest BCUT2D eigenvalue weighted by atomic mass is 10.1. The first-order valence-electron chi connectivity index (χ1n) is 5.21. The predicted octanol–water partition coefficient (Wildman–Crippen LogP) is 2.60. The van der Waals surface area contributed by atoms with Crippen LogP contribution in [0.4, 0.5) is 5.69 Å². The molecule has 0 amide bonds. The molecular formula is C12H17NO2. The first-order valence-corrected chi connectivity index (χ1v) is 5.21. The van der Waals surface area contributed by atoms with Crippen molar-refractivity contribution in [1.82, 2.24) is 0 Å². The summed E-state index contributed by atoms with van der Waals surface area (Å²) in [6.45, 7) is 6.90. The van der Waals surface area contributed by atoms with E-state index in [1.54, 1.807) is 0 Å². The fraction of sp³-hybridized carbons (Fsp3) is 0.417. The van der Waals surface area contributed by atoms with Gasteiger partial charge < -0.3 is 10.1 Å². The lowest BCUT2D eigenvalue weighted by Gasteiger charge is -2.12. The van der Waals surface area contributed by atoms with Crippen LogP contribution in [0.5, 0.6) is 0 Å². The van der Waals surface area contributed by atoms with Gasteiger partial charge in [0, 0.05) is 12.2 Å². The summed E-state index contributed by atoms with van der Waals surface area (Å²) in [7, 11) is 0. The van der Waals surface area contributed by atoms with Gasteiger partial charge in [-0.2, -0.15) is 0 Å². The van der Waals surface area contributed by atoms with Crippen molar-refractivity contribution in [3.05, 3.63) is 29.3 Å². The van der Waals surface area contributed by atoms with Crippen molar-refractivity contribution in [2.75, 3.05) is 18.5 Å². The van der Waals surface area contributed by atoms with Crippen LogP contribution in [-0.2, 0) is 4.74 Å². The molecule has 1 aromatic carbocycles. The Labute approximate surface area is 90.4 Å². The van der Waals surface area contributed by atoms with Crippen LogP contribution in [0.3, 0.4) is 0 Å². The lowest BCUT2D eigenvalue weighted by molar-refractivity contribution is 0.0526. The summed E-state index contributed by atoms with van der Waals surface area (Å²) in [5.74, 6) is -0.258. The molecule has 0 radical (unpaired) electrons. The zero-order valence-corrected chi connectivity index (χ0v) is 9.46. The largest absolute Gasteiger partial charge is 0.462 e. The van der Waals surface area contributed by atoms with Crippen LogP contribution in [0, 0.1) is 6.92 Å². The summed E-state index contributed by atoms with van der Waals surface area (Å²) in [5.41, 5.74) is 2.42. The number of rotatable bonds is 4. The Bertz CT molecular complexity index is 347. The smallest absolute Gasteiger partial charge is 0.340 e. The van der Waals surface area contributed by atoms with Crippen molar-refractivity contribution in [2.24, 2.45) is 0 Å². The number of carbonyl (C=O) groups is 1. The maximum absolute atomic E-state index is 11.7. The molecule has 0 saturated carbocycles. The number of benzene rings is 1. The molecule has 0 aliphatic heterocycles. The summed E-state index contributed by atoms with van der Waals surface area (Å²) >= 11 is 0. The SMILES string of the molecule is CCNc1cccc(C)c1C(=O)OCC. The molecule has 0 spiro atoms. The number of hydrogen-bond acceptors (Lipinski definition) is 3. The van der Waals surface area contributed by atoms with Crippen LogP contribution in [0.25, 0.3) is 0 Å². The Morgan fingerprint density at radius 2 is 2.13 bits per heavy atom. The first kappa shape index (κ1) is 11.6. The Kier molecular flexibility index (Phi) is 4.16. The van der Waals surface area contributed by atoms with Crippen molar-refractivity contribution in [3.63, 3.8) is 0 Å². The second-order valence-electron chi connectivity index (χ2n) is 3.25. The minimum absolute atomic E-state index is 0.258. The summed E-state index contributed by atoms with van der Waals surface area (Å²) in [6.07, 6.45) is 0. The molecule has 0 saturated heterocycles. The molecule has 3 nitrogen and oxygen atoms in total. The molecule has 0 heterocycles. The molecule has 0 aromatic heterocycles. The van der Waals surface area contributed by atoms with E-state index in [1.807, 2.05) is 39.0 Å². The quantitative estimate of drug-likeness (QED) is 0.771. The molecule has 82 valence electrons. The van der Waals surface area contributed by atoms with Gasteiger partial charge in [0.1, 0.15) is 0 Å². The van der Waals surface area contributed by atoms with Crippen molar-refractivity contribution < 1.29 is 9.53 Å². The monoisotopic (exact) mass is 207 g/mol. The maximum Gasteiger partial charge on any atom is 0.340 e. The van der Waals surface area contributed by atoms with Crippen LogP contribution in [-0.4, -0.2) is 19.1 Å². The minimum Gasteiger partial charge on any atom is -0.462 e. The molecule has 0 unspecified atom stereocenters. The Balaban J connectivity index is 3.06. The zero-order valence-electron chi connectivity index (χ0n) is 9.46. The Hall–Kier alpha value is -1.51. The number of nitrogens with one attached hydrogen (secondary N) is 1. The molecule has 0 atom stereocenters. The maximum atomic E-state index is 11.7. The number of hydrogen-bond donors (Lipinski definition) is 1. The highest BCUT2D eigenvalue weighted by Crippen LogP contribution is 2.20. The topological polar surface area (TPSA) is 38.3 Å².